The Bertz CT molecular complexity index is 519. The van der Waals surface area contributed by atoms with Crippen LogP contribution in [-0.4, -0.2) is 0 Å². The number of benzene rings is 1. The molecule has 0 aliphatic carbocycles. The van der Waals surface area contributed by atoms with Crippen LogP contribution in [-0.2, 0) is 6.54 Å². The highest BCUT2D eigenvalue weighted by molar-refractivity contribution is 9.10. The maximum absolute atomic E-state index is 6.09. The molecule has 0 aliphatic heterocycles. The van der Waals surface area contributed by atoms with Crippen LogP contribution in [0.15, 0.2) is 37.8 Å². The fourth-order valence-electron chi connectivity index (χ4n) is 1.33. The summed E-state index contributed by atoms with van der Waals surface area (Å²) in [5.74, 6) is 0.798. The molecule has 0 saturated heterocycles. The van der Waals surface area contributed by atoms with Crippen LogP contribution in [0.3, 0.4) is 0 Å². The molecular weight excluding hydrogens is 393 g/mol. The maximum Gasteiger partial charge on any atom is 0.169 e. The molecular formula is C11H7Br2Cl2NO. The van der Waals surface area contributed by atoms with Crippen LogP contribution in [0.5, 0.6) is 0 Å². The summed E-state index contributed by atoms with van der Waals surface area (Å²) in [5.41, 5.74) is 0.698. The SMILES string of the molecule is Clc1cc(Br)cc(Cl)c1NCc1ccc(Br)o1. The topological polar surface area (TPSA) is 25.2 Å². The Balaban J connectivity index is 2.14. The summed E-state index contributed by atoms with van der Waals surface area (Å²) in [6.07, 6.45) is 0. The molecule has 1 aromatic heterocycles. The number of furan rings is 1. The van der Waals surface area contributed by atoms with Crippen LogP contribution in [0.25, 0.3) is 0 Å². The lowest BCUT2D eigenvalue weighted by Crippen LogP contribution is -1.99. The smallest absolute Gasteiger partial charge is 0.169 e. The van der Waals surface area contributed by atoms with Crippen molar-refractivity contribution in [2.45, 2.75) is 6.54 Å². The summed E-state index contributed by atoms with van der Waals surface area (Å²) < 4.78 is 6.91. The minimum atomic E-state index is 0.521. The second-order valence-corrected chi connectivity index (χ2v) is 5.82. The van der Waals surface area contributed by atoms with E-state index in [4.69, 9.17) is 27.6 Å². The lowest BCUT2D eigenvalue weighted by atomic mass is 10.3. The van der Waals surface area contributed by atoms with E-state index in [-0.39, 0.29) is 0 Å². The first-order chi connectivity index (χ1) is 8.06. The van der Waals surface area contributed by atoms with Crippen molar-refractivity contribution < 1.29 is 4.42 Å². The normalized spacial score (nSPS) is 10.6. The standard InChI is InChI=1S/C11H7Br2Cl2NO/c12-6-3-8(14)11(9(15)4-6)16-5-7-1-2-10(13)17-7/h1-4,16H,5H2. The van der Waals surface area contributed by atoms with Gasteiger partial charge in [0, 0.05) is 4.47 Å². The van der Waals surface area contributed by atoms with Crippen molar-refractivity contribution in [2.24, 2.45) is 0 Å². The van der Waals surface area contributed by atoms with Gasteiger partial charge in [0.15, 0.2) is 4.67 Å². The summed E-state index contributed by atoms with van der Waals surface area (Å²) in [6.45, 7) is 0.521. The van der Waals surface area contributed by atoms with E-state index in [9.17, 15) is 0 Å². The quantitative estimate of drug-likeness (QED) is 0.713. The summed E-state index contributed by atoms with van der Waals surface area (Å²) in [4.78, 5) is 0. The number of rotatable bonds is 3. The van der Waals surface area contributed by atoms with Gasteiger partial charge in [-0.2, -0.15) is 0 Å². The van der Waals surface area contributed by atoms with Crippen molar-refractivity contribution in [3.05, 3.63) is 49.2 Å². The summed E-state index contributed by atoms with van der Waals surface area (Å²) in [6, 6.07) is 7.28. The predicted molar refractivity (Wildman–Crippen MR) is 77.9 cm³/mol. The summed E-state index contributed by atoms with van der Waals surface area (Å²) >= 11 is 18.7. The van der Waals surface area contributed by atoms with Crippen LogP contribution in [0.2, 0.25) is 10.0 Å². The molecule has 0 fully saturated rings. The molecule has 2 nitrogen and oxygen atoms in total. The fourth-order valence-corrected chi connectivity index (χ4v) is 3.02. The molecule has 0 bridgehead atoms. The highest BCUT2D eigenvalue weighted by atomic mass is 79.9. The Hall–Kier alpha value is -0.160. The molecule has 2 aromatic rings. The first kappa shape index (κ1) is 13.3. The molecule has 1 aromatic carbocycles. The Labute approximate surface area is 126 Å². The van der Waals surface area contributed by atoms with E-state index in [0.717, 1.165) is 10.2 Å². The average molecular weight is 400 g/mol. The van der Waals surface area contributed by atoms with E-state index in [1.54, 1.807) is 12.1 Å². The molecule has 1 N–H and O–H groups in total. The maximum atomic E-state index is 6.09. The number of nitrogens with one attached hydrogen (secondary N) is 1. The Morgan fingerprint density at radius 3 is 2.29 bits per heavy atom. The van der Waals surface area contributed by atoms with Crippen molar-refractivity contribution in [1.29, 1.82) is 0 Å². The molecule has 0 amide bonds. The number of anilines is 1. The Morgan fingerprint density at radius 2 is 1.76 bits per heavy atom. The van der Waals surface area contributed by atoms with Crippen molar-refractivity contribution in [2.75, 3.05) is 5.32 Å². The van der Waals surface area contributed by atoms with Gasteiger partial charge in [0.05, 0.1) is 22.3 Å². The van der Waals surface area contributed by atoms with Gasteiger partial charge in [0.1, 0.15) is 5.76 Å². The van der Waals surface area contributed by atoms with Crippen molar-refractivity contribution in [3.8, 4) is 0 Å². The largest absolute Gasteiger partial charge is 0.452 e. The number of halogens is 4. The van der Waals surface area contributed by atoms with Gasteiger partial charge in [-0.1, -0.05) is 39.1 Å². The third-order valence-electron chi connectivity index (χ3n) is 2.08. The van der Waals surface area contributed by atoms with Gasteiger partial charge < -0.3 is 9.73 Å². The third-order valence-corrected chi connectivity index (χ3v) is 3.56. The minimum Gasteiger partial charge on any atom is -0.452 e. The average Bonchev–Trinajstić information content (AvgIpc) is 2.62. The third kappa shape index (κ3) is 3.41. The summed E-state index contributed by atoms with van der Waals surface area (Å²) in [5, 5.41) is 4.27. The zero-order valence-corrected chi connectivity index (χ0v) is 13.1. The molecule has 0 atom stereocenters. The second kappa shape index (κ2) is 5.65. The number of hydrogen-bond acceptors (Lipinski definition) is 2. The lowest BCUT2D eigenvalue weighted by Gasteiger charge is -2.09. The lowest BCUT2D eigenvalue weighted by molar-refractivity contribution is 0.495. The molecule has 6 heteroatoms. The van der Waals surface area contributed by atoms with Crippen molar-refractivity contribution in [1.82, 2.24) is 0 Å². The van der Waals surface area contributed by atoms with Crippen LogP contribution in [0, 0.1) is 0 Å². The molecule has 17 heavy (non-hydrogen) atoms. The first-order valence-corrected chi connectivity index (χ1v) is 7.03. The highest BCUT2D eigenvalue weighted by Gasteiger charge is 2.08. The van der Waals surface area contributed by atoms with Crippen LogP contribution < -0.4 is 5.32 Å². The van der Waals surface area contributed by atoms with Crippen molar-refractivity contribution >= 4 is 60.7 Å². The van der Waals surface area contributed by atoms with Gasteiger partial charge in [-0.25, -0.2) is 0 Å². The van der Waals surface area contributed by atoms with Crippen molar-refractivity contribution in [3.63, 3.8) is 0 Å². The Kier molecular flexibility index (Phi) is 4.42. The number of hydrogen-bond donors (Lipinski definition) is 1. The minimum absolute atomic E-state index is 0.521. The molecule has 0 aliphatic rings. The van der Waals surface area contributed by atoms with E-state index >= 15 is 0 Å². The Morgan fingerprint density at radius 1 is 1.12 bits per heavy atom. The van der Waals surface area contributed by atoms with Crippen LogP contribution in [0.4, 0.5) is 5.69 Å². The van der Waals surface area contributed by atoms with Crippen LogP contribution in [0.1, 0.15) is 5.76 Å². The highest BCUT2D eigenvalue weighted by Crippen LogP contribution is 2.34. The van der Waals surface area contributed by atoms with E-state index in [1.807, 2.05) is 12.1 Å². The van der Waals surface area contributed by atoms with Gasteiger partial charge in [0.2, 0.25) is 0 Å². The zero-order chi connectivity index (χ0) is 12.4. The van der Waals surface area contributed by atoms with E-state index in [2.05, 4.69) is 37.2 Å². The molecule has 90 valence electrons. The second-order valence-electron chi connectivity index (χ2n) is 3.30. The van der Waals surface area contributed by atoms with Gasteiger partial charge >= 0.3 is 0 Å². The van der Waals surface area contributed by atoms with E-state index in [0.29, 0.717) is 26.9 Å². The van der Waals surface area contributed by atoms with Gasteiger partial charge in [-0.05, 0) is 40.2 Å². The van der Waals surface area contributed by atoms with Gasteiger partial charge in [-0.3, -0.25) is 0 Å². The summed E-state index contributed by atoms with van der Waals surface area (Å²) in [7, 11) is 0. The van der Waals surface area contributed by atoms with E-state index < -0.39 is 0 Å². The molecule has 0 spiro atoms. The predicted octanol–water partition coefficient (Wildman–Crippen LogP) is 5.72. The molecule has 2 rings (SSSR count). The zero-order valence-electron chi connectivity index (χ0n) is 8.44. The monoisotopic (exact) mass is 397 g/mol. The van der Waals surface area contributed by atoms with Crippen LogP contribution >= 0.6 is 55.1 Å². The molecule has 0 saturated carbocycles. The van der Waals surface area contributed by atoms with Gasteiger partial charge in [0.25, 0.3) is 0 Å². The molecule has 0 unspecified atom stereocenters. The van der Waals surface area contributed by atoms with Gasteiger partial charge in [-0.15, -0.1) is 0 Å². The van der Waals surface area contributed by atoms with E-state index in [1.165, 1.54) is 0 Å². The molecule has 0 radical (unpaired) electrons. The fraction of sp³-hybridized carbons (Fsp3) is 0.0909. The first-order valence-electron chi connectivity index (χ1n) is 4.69. The molecule has 1 heterocycles.